The summed E-state index contributed by atoms with van der Waals surface area (Å²) in [4.78, 5) is 8.28. The smallest absolute Gasteiger partial charge is 0.239 e. The van der Waals surface area contributed by atoms with Gasteiger partial charge in [0, 0.05) is 32.0 Å². The van der Waals surface area contributed by atoms with Crippen molar-refractivity contribution >= 4 is 11.8 Å². The predicted molar refractivity (Wildman–Crippen MR) is 70.4 cm³/mol. The zero-order valence-electron chi connectivity index (χ0n) is 10.9. The molecule has 102 valence electrons. The van der Waals surface area contributed by atoms with Crippen LogP contribution in [-0.4, -0.2) is 43.4 Å². The molecule has 0 saturated heterocycles. The highest BCUT2D eigenvalue weighted by Crippen LogP contribution is 2.08. The minimum Gasteiger partial charge on any atom is -0.382 e. The number of hydrogen-bond donors (Lipinski definition) is 3. The minimum absolute atomic E-state index is 0.411. The number of methoxy groups -OCH3 is 1. The van der Waals surface area contributed by atoms with Crippen molar-refractivity contribution in [2.45, 2.75) is 13.3 Å². The molecule has 0 atom stereocenters. The van der Waals surface area contributed by atoms with E-state index < -0.39 is 0 Å². The van der Waals surface area contributed by atoms with Crippen molar-refractivity contribution in [3.63, 3.8) is 0 Å². The first kappa shape index (κ1) is 14.6. The van der Waals surface area contributed by atoms with Crippen LogP contribution < -0.4 is 16.6 Å². The van der Waals surface area contributed by atoms with Crippen LogP contribution in [0.1, 0.15) is 12.1 Å². The molecule has 7 nitrogen and oxygen atoms in total. The van der Waals surface area contributed by atoms with Gasteiger partial charge in [-0.2, -0.15) is 4.98 Å². The minimum atomic E-state index is 0.411. The van der Waals surface area contributed by atoms with E-state index in [-0.39, 0.29) is 0 Å². The fourth-order valence-corrected chi connectivity index (χ4v) is 1.36. The number of nitrogens with two attached hydrogens (primary N) is 1. The van der Waals surface area contributed by atoms with Crippen LogP contribution >= 0.6 is 0 Å². The lowest BCUT2D eigenvalue weighted by Gasteiger charge is -2.08. The van der Waals surface area contributed by atoms with Crippen molar-refractivity contribution in [2.75, 3.05) is 44.2 Å². The van der Waals surface area contributed by atoms with E-state index in [2.05, 4.69) is 20.7 Å². The number of anilines is 2. The standard InChI is InChI=1S/C11H21N5O2/c1-9-8-10(15-11(14-9)16-12)13-4-3-5-18-7-6-17-2/h8H,3-7,12H2,1-2H3,(H2,13,14,15,16). The van der Waals surface area contributed by atoms with Gasteiger partial charge in [-0.3, -0.25) is 5.43 Å². The molecule has 0 fully saturated rings. The van der Waals surface area contributed by atoms with E-state index in [9.17, 15) is 0 Å². The summed E-state index contributed by atoms with van der Waals surface area (Å²) in [6.45, 7) is 4.63. The van der Waals surface area contributed by atoms with E-state index in [1.807, 2.05) is 13.0 Å². The lowest BCUT2D eigenvalue weighted by atomic mass is 10.4. The van der Waals surface area contributed by atoms with Gasteiger partial charge in [0.25, 0.3) is 0 Å². The maximum absolute atomic E-state index is 5.35. The number of nitrogens with zero attached hydrogens (tertiary/aromatic N) is 2. The topological polar surface area (TPSA) is 94.3 Å². The van der Waals surface area contributed by atoms with Gasteiger partial charge in [0.05, 0.1) is 13.2 Å². The first-order valence-electron chi connectivity index (χ1n) is 5.89. The molecule has 1 aromatic heterocycles. The van der Waals surface area contributed by atoms with Crippen LogP contribution in [-0.2, 0) is 9.47 Å². The number of hydrogen-bond acceptors (Lipinski definition) is 7. The van der Waals surface area contributed by atoms with Gasteiger partial charge in [-0.05, 0) is 13.3 Å². The molecule has 0 bridgehead atoms. The fraction of sp³-hybridized carbons (Fsp3) is 0.636. The second-order valence-electron chi connectivity index (χ2n) is 3.75. The van der Waals surface area contributed by atoms with Crippen LogP contribution in [0.3, 0.4) is 0 Å². The fourth-order valence-electron chi connectivity index (χ4n) is 1.36. The van der Waals surface area contributed by atoms with E-state index in [1.54, 1.807) is 7.11 Å². The molecule has 1 rings (SSSR count). The maximum Gasteiger partial charge on any atom is 0.239 e. The van der Waals surface area contributed by atoms with E-state index in [4.69, 9.17) is 15.3 Å². The molecule has 7 heteroatoms. The second-order valence-corrected chi connectivity index (χ2v) is 3.75. The summed E-state index contributed by atoms with van der Waals surface area (Å²) in [7, 11) is 1.66. The van der Waals surface area contributed by atoms with Crippen LogP contribution in [0.5, 0.6) is 0 Å². The summed E-state index contributed by atoms with van der Waals surface area (Å²) in [5.74, 6) is 6.44. The van der Waals surface area contributed by atoms with Gasteiger partial charge >= 0.3 is 0 Å². The average Bonchev–Trinajstić information content (AvgIpc) is 2.37. The number of ether oxygens (including phenoxy) is 2. The molecule has 0 radical (unpaired) electrons. The average molecular weight is 255 g/mol. The van der Waals surface area contributed by atoms with E-state index >= 15 is 0 Å². The molecule has 0 saturated carbocycles. The highest BCUT2D eigenvalue weighted by molar-refractivity contribution is 5.41. The first-order chi connectivity index (χ1) is 8.76. The molecule has 0 aromatic carbocycles. The summed E-state index contributed by atoms with van der Waals surface area (Å²) < 4.78 is 10.2. The quantitative estimate of drug-likeness (QED) is 0.337. The summed E-state index contributed by atoms with van der Waals surface area (Å²) in [5, 5.41) is 3.19. The van der Waals surface area contributed by atoms with Gasteiger partial charge in [0.15, 0.2) is 0 Å². The predicted octanol–water partition coefficient (Wildman–Crippen LogP) is 0.536. The molecule has 0 unspecified atom stereocenters. The zero-order chi connectivity index (χ0) is 13.2. The molecule has 0 aliphatic carbocycles. The Morgan fingerprint density at radius 3 is 2.83 bits per heavy atom. The van der Waals surface area contributed by atoms with E-state index in [0.29, 0.717) is 25.8 Å². The number of aryl methyl sites for hydroxylation is 1. The van der Waals surface area contributed by atoms with Gasteiger partial charge in [0.1, 0.15) is 5.82 Å². The Morgan fingerprint density at radius 2 is 2.11 bits per heavy atom. The van der Waals surface area contributed by atoms with Crippen LogP contribution in [0.15, 0.2) is 6.07 Å². The van der Waals surface area contributed by atoms with Crippen molar-refractivity contribution in [3.05, 3.63) is 11.8 Å². The summed E-state index contributed by atoms with van der Waals surface area (Å²) in [6.07, 6.45) is 0.901. The van der Waals surface area contributed by atoms with Crippen molar-refractivity contribution in [3.8, 4) is 0 Å². The number of nitrogen functional groups attached to an aromatic ring is 1. The lowest BCUT2D eigenvalue weighted by Crippen LogP contribution is -2.13. The Balaban J connectivity index is 2.20. The lowest BCUT2D eigenvalue weighted by molar-refractivity contribution is 0.0705. The Hall–Kier alpha value is -1.44. The Bertz CT molecular complexity index is 348. The first-order valence-corrected chi connectivity index (χ1v) is 5.89. The number of hydrazine groups is 1. The van der Waals surface area contributed by atoms with Gasteiger partial charge in [0.2, 0.25) is 5.95 Å². The van der Waals surface area contributed by atoms with Crippen LogP contribution in [0.2, 0.25) is 0 Å². The summed E-state index contributed by atoms with van der Waals surface area (Å²) >= 11 is 0. The van der Waals surface area contributed by atoms with E-state index in [1.165, 1.54) is 0 Å². The molecule has 0 aliphatic heterocycles. The highest BCUT2D eigenvalue weighted by Gasteiger charge is 1.99. The zero-order valence-corrected chi connectivity index (χ0v) is 10.9. The third kappa shape index (κ3) is 5.76. The Kier molecular flexibility index (Phi) is 7.00. The molecule has 0 aliphatic rings. The van der Waals surface area contributed by atoms with Crippen LogP contribution in [0.4, 0.5) is 11.8 Å². The molecular formula is C11H21N5O2. The van der Waals surface area contributed by atoms with Crippen molar-refractivity contribution in [1.29, 1.82) is 0 Å². The normalized spacial score (nSPS) is 10.4. The molecule has 4 N–H and O–H groups in total. The number of nitrogens with one attached hydrogen (secondary N) is 2. The maximum atomic E-state index is 5.35. The van der Waals surface area contributed by atoms with Gasteiger partial charge in [-0.1, -0.05) is 0 Å². The molecule has 18 heavy (non-hydrogen) atoms. The molecule has 1 heterocycles. The van der Waals surface area contributed by atoms with Crippen molar-refractivity contribution < 1.29 is 9.47 Å². The van der Waals surface area contributed by atoms with E-state index in [0.717, 1.165) is 24.5 Å². The molecule has 0 spiro atoms. The largest absolute Gasteiger partial charge is 0.382 e. The second kappa shape index (κ2) is 8.62. The van der Waals surface area contributed by atoms with Gasteiger partial charge < -0.3 is 14.8 Å². The Labute approximate surface area is 107 Å². The molecular weight excluding hydrogens is 234 g/mol. The van der Waals surface area contributed by atoms with Gasteiger partial charge in [-0.25, -0.2) is 10.8 Å². The SMILES string of the molecule is COCCOCCCNc1cc(C)nc(NN)n1. The monoisotopic (exact) mass is 255 g/mol. The number of rotatable bonds is 9. The highest BCUT2D eigenvalue weighted by atomic mass is 16.5. The third-order valence-electron chi connectivity index (χ3n) is 2.19. The van der Waals surface area contributed by atoms with Crippen molar-refractivity contribution in [1.82, 2.24) is 9.97 Å². The summed E-state index contributed by atoms with van der Waals surface area (Å²) in [5.41, 5.74) is 3.29. The number of aromatic nitrogens is 2. The van der Waals surface area contributed by atoms with Crippen LogP contribution in [0, 0.1) is 6.92 Å². The Morgan fingerprint density at radius 1 is 1.28 bits per heavy atom. The third-order valence-corrected chi connectivity index (χ3v) is 2.19. The molecule has 1 aromatic rings. The van der Waals surface area contributed by atoms with Crippen molar-refractivity contribution in [2.24, 2.45) is 5.84 Å². The summed E-state index contributed by atoms with van der Waals surface area (Å²) in [6, 6.07) is 1.87. The van der Waals surface area contributed by atoms with Gasteiger partial charge in [-0.15, -0.1) is 0 Å². The van der Waals surface area contributed by atoms with Crippen LogP contribution in [0.25, 0.3) is 0 Å². The molecule has 0 amide bonds.